The molecule has 0 bridgehead atoms. The Morgan fingerprint density at radius 2 is 2.43 bits per heavy atom. The van der Waals surface area contributed by atoms with Crippen molar-refractivity contribution in [2.75, 3.05) is 32.5 Å². The summed E-state index contributed by atoms with van der Waals surface area (Å²) in [5.41, 5.74) is 0. The quantitative estimate of drug-likeness (QED) is 0.761. The van der Waals surface area contributed by atoms with E-state index in [9.17, 15) is 4.79 Å². The average molecular weight is 215 g/mol. The van der Waals surface area contributed by atoms with Crippen LogP contribution in [0.3, 0.4) is 0 Å². The van der Waals surface area contributed by atoms with Crippen LogP contribution in [-0.2, 0) is 0 Å². The number of carboxylic acid groups (broad SMARTS) is 1. The smallest absolute Gasteiger partial charge is 0.347 e. The molecule has 6 heteroatoms. The first-order chi connectivity index (χ1) is 6.59. The van der Waals surface area contributed by atoms with Crippen molar-refractivity contribution in [1.29, 1.82) is 0 Å². The Morgan fingerprint density at radius 1 is 1.71 bits per heavy atom. The minimum atomic E-state index is -0.928. The topological polar surface area (TPSA) is 65.5 Å². The zero-order valence-corrected chi connectivity index (χ0v) is 8.97. The summed E-state index contributed by atoms with van der Waals surface area (Å²) in [5, 5.41) is 12.4. The number of rotatable bonds is 5. The van der Waals surface area contributed by atoms with Crippen molar-refractivity contribution >= 4 is 22.4 Å². The van der Waals surface area contributed by atoms with Gasteiger partial charge in [-0.1, -0.05) is 11.3 Å². The van der Waals surface area contributed by atoms with E-state index in [0.29, 0.717) is 5.13 Å². The third-order valence-corrected chi connectivity index (χ3v) is 2.49. The molecule has 0 atom stereocenters. The minimum absolute atomic E-state index is 0.261. The van der Waals surface area contributed by atoms with Gasteiger partial charge in [0.2, 0.25) is 0 Å². The highest BCUT2D eigenvalue weighted by Crippen LogP contribution is 2.17. The molecule has 0 fully saturated rings. The van der Waals surface area contributed by atoms with Crippen LogP contribution in [0.5, 0.6) is 0 Å². The van der Waals surface area contributed by atoms with Gasteiger partial charge in [0, 0.05) is 13.1 Å². The second kappa shape index (κ2) is 4.92. The van der Waals surface area contributed by atoms with Crippen molar-refractivity contribution in [2.45, 2.75) is 0 Å². The third kappa shape index (κ3) is 3.31. The molecule has 14 heavy (non-hydrogen) atoms. The molecule has 0 radical (unpaired) electrons. The molecule has 1 aromatic rings. The number of carbonyl (C=O) groups is 1. The Bertz CT molecular complexity index is 311. The molecular weight excluding hydrogens is 202 g/mol. The molecule has 0 aliphatic carbocycles. The zero-order chi connectivity index (χ0) is 10.6. The van der Waals surface area contributed by atoms with Crippen molar-refractivity contribution in [3.8, 4) is 0 Å². The lowest BCUT2D eigenvalue weighted by molar-refractivity contribution is 0.0702. The molecule has 0 saturated heterocycles. The van der Waals surface area contributed by atoms with Gasteiger partial charge in [0.25, 0.3) is 0 Å². The van der Waals surface area contributed by atoms with Crippen LogP contribution in [0.2, 0.25) is 0 Å². The van der Waals surface area contributed by atoms with Crippen molar-refractivity contribution in [1.82, 2.24) is 9.88 Å². The molecule has 0 aliphatic heterocycles. The summed E-state index contributed by atoms with van der Waals surface area (Å²) in [6.07, 6.45) is 1.37. The van der Waals surface area contributed by atoms with E-state index >= 15 is 0 Å². The van der Waals surface area contributed by atoms with E-state index in [-0.39, 0.29) is 4.88 Å². The molecule has 0 amide bonds. The summed E-state index contributed by atoms with van der Waals surface area (Å²) in [6, 6.07) is 0. The fraction of sp³-hybridized carbons (Fsp3) is 0.500. The van der Waals surface area contributed by atoms with Gasteiger partial charge in [-0.3, -0.25) is 0 Å². The second-order valence-corrected chi connectivity index (χ2v) is 4.10. The molecule has 1 heterocycles. The average Bonchev–Trinajstić information content (AvgIpc) is 2.52. The Morgan fingerprint density at radius 3 is 2.93 bits per heavy atom. The normalized spacial score (nSPS) is 10.5. The third-order valence-electron chi connectivity index (χ3n) is 1.55. The number of nitrogens with zero attached hydrogens (tertiary/aromatic N) is 2. The van der Waals surface area contributed by atoms with Gasteiger partial charge >= 0.3 is 5.97 Å². The van der Waals surface area contributed by atoms with Crippen LogP contribution in [0.1, 0.15) is 9.67 Å². The number of likely N-dealkylation sites (N-methyl/N-ethyl adjacent to an activating group) is 1. The SMILES string of the molecule is CN(C)CCNc1ncc(C(=O)O)s1. The van der Waals surface area contributed by atoms with E-state index in [1.165, 1.54) is 6.20 Å². The molecule has 0 saturated carbocycles. The number of aromatic carboxylic acids is 1. The molecule has 5 nitrogen and oxygen atoms in total. The number of anilines is 1. The van der Waals surface area contributed by atoms with Gasteiger partial charge in [-0.05, 0) is 14.1 Å². The number of aromatic nitrogens is 1. The van der Waals surface area contributed by atoms with E-state index in [0.717, 1.165) is 24.4 Å². The van der Waals surface area contributed by atoms with Gasteiger partial charge in [-0.2, -0.15) is 0 Å². The summed E-state index contributed by atoms with van der Waals surface area (Å²) < 4.78 is 0. The highest BCUT2D eigenvalue weighted by atomic mass is 32.1. The molecule has 0 unspecified atom stereocenters. The van der Waals surface area contributed by atoms with E-state index in [4.69, 9.17) is 5.11 Å². The Kier molecular flexibility index (Phi) is 3.84. The lowest BCUT2D eigenvalue weighted by atomic mass is 10.6. The van der Waals surface area contributed by atoms with Crippen LogP contribution in [0.25, 0.3) is 0 Å². The van der Waals surface area contributed by atoms with Gasteiger partial charge in [-0.25, -0.2) is 9.78 Å². The van der Waals surface area contributed by atoms with E-state index in [1.54, 1.807) is 0 Å². The van der Waals surface area contributed by atoms with E-state index < -0.39 is 5.97 Å². The Hall–Kier alpha value is -1.14. The predicted octanol–water partition coefficient (Wildman–Crippen LogP) is 0.815. The molecule has 1 aromatic heterocycles. The summed E-state index contributed by atoms with van der Waals surface area (Å²) >= 11 is 1.15. The van der Waals surface area contributed by atoms with Crippen LogP contribution in [-0.4, -0.2) is 48.1 Å². The molecule has 78 valence electrons. The Balaban J connectivity index is 2.40. The largest absolute Gasteiger partial charge is 0.477 e. The summed E-state index contributed by atoms with van der Waals surface area (Å²) in [7, 11) is 3.96. The first kappa shape index (κ1) is 10.9. The first-order valence-corrected chi connectivity index (χ1v) is 4.99. The first-order valence-electron chi connectivity index (χ1n) is 4.17. The number of carboxylic acids is 1. The van der Waals surface area contributed by atoms with E-state index in [2.05, 4.69) is 10.3 Å². The fourth-order valence-corrected chi connectivity index (χ4v) is 1.52. The Labute approximate surface area is 86.4 Å². The molecule has 2 N–H and O–H groups in total. The molecule has 1 rings (SSSR count). The fourth-order valence-electron chi connectivity index (χ4n) is 0.841. The molecule has 0 aliphatic rings. The zero-order valence-electron chi connectivity index (χ0n) is 8.15. The van der Waals surface area contributed by atoms with Crippen LogP contribution >= 0.6 is 11.3 Å². The predicted molar refractivity (Wildman–Crippen MR) is 56.1 cm³/mol. The number of hydrogen-bond donors (Lipinski definition) is 2. The summed E-state index contributed by atoms with van der Waals surface area (Å²) in [5.74, 6) is -0.928. The van der Waals surface area contributed by atoms with Crippen molar-refractivity contribution in [3.05, 3.63) is 11.1 Å². The minimum Gasteiger partial charge on any atom is -0.477 e. The van der Waals surface area contributed by atoms with Gasteiger partial charge in [0.1, 0.15) is 4.88 Å². The number of nitrogens with one attached hydrogen (secondary N) is 1. The van der Waals surface area contributed by atoms with Crippen LogP contribution in [0, 0.1) is 0 Å². The van der Waals surface area contributed by atoms with Crippen molar-refractivity contribution in [2.24, 2.45) is 0 Å². The maximum absolute atomic E-state index is 10.5. The number of thiazole rings is 1. The maximum atomic E-state index is 10.5. The monoisotopic (exact) mass is 215 g/mol. The number of hydrogen-bond acceptors (Lipinski definition) is 5. The highest BCUT2D eigenvalue weighted by molar-refractivity contribution is 7.17. The van der Waals surface area contributed by atoms with Crippen LogP contribution in [0.4, 0.5) is 5.13 Å². The lowest BCUT2D eigenvalue weighted by Gasteiger charge is -2.08. The molecule has 0 aromatic carbocycles. The van der Waals surface area contributed by atoms with Gasteiger partial charge in [0.15, 0.2) is 5.13 Å². The van der Waals surface area contributed by atoms with Gasteiger partial charge in [-0.15, -0.1) is 0 Å². The van der Waals surface area contributed by atoms with Crippen LogP contribution in [0.15, 0.2) is 6.20 Å². The van der Waals surface area contributed by atoms with Gasteiger partial charge in [0.05, 0.1) is 6.20 Å². The van der Waals surface area contributed by atoms with Crippen LogP contribution < -0.4 is 5.32 Å². The van der Waals surface area contributed by atoms with Gasteiger partial charge < -0.3 is 15.3 Å². The standard InChI is InChI=1S/C8H13N3O2S/c1-11(2)4-3-9-8-10-5-6(14-8)7(12)13/h5H,3-4H2,1-2H3,(H,9,10)(H,12,13). The maximum Gasteiger partial charge on any atom is 0.347 e. The molecule has 0 spiro atoms. The van der Waals surface area contributed by atoms with Crippen molar-refractivity contribution in [3.63, 3.8) is 0 Å². The highest BCUT2D eigenvalue weighted by Gasteiger charge is 2.07. The summed E-state index contributed by atoms with van der Waals surface area (Å²) in [4.78, 5) is 16.8. The van der Waals surface area contributed by atoms with Crippen molar-refractivity contribution < 1.29 is 9.90 Å². The second-order valence-electron chi connectivity index (χ2n) is 3.06. The van der Waals surface area contributed by atoms with E-state index in [1.807, 2.05) is 19.0 Å². The summed E-state index contributed by atoms with van der Waals surface area (Å²) in [6.45, 7) is 1.65. The lowest BCUT2D eigenvalue weighted by Crippen LogP contribution is -2.20. The molecular formula is C8H13N3O2S.